The van der Waals surface area contributed by atoms with Crippen molar-refractivity contribution < 1.29 is 22.0 Å². The van der Waals surface area contributed by atoms with Crippen molar-refractivity contribution in [2.75, 3.05) is 13.2 Å². The van der Waals surface area contributed by atoms with Crippen LogP contribution in [0.4, 0.5) is 0 Å². The minimum Gasteiger partial charge on any atom is -0.307 e. The van der Waals surface area contributed by atoms with Crippen LogP contribution in [0.15, 0.2) is 35.2 Å². The van der Waals surface area contributed by atoms with Crippen LogP contribution in [0.1, 0.15) is 13.8 Å². The van der Waals surface area contributed by atoms with Gasteiger partial charge in [0.1, 0.15) is 0 Å². The molecule has 2 rings (SSSR count). The molecule has 1 aromatic rings. The second kappa shape index (κ2) is 7.05. The summed E-state index contributed by atoms with van der Waals surface area (Å²) < 4.78 is 48.4. The summed E-state index contributed by atoms with van der Waals surface area (Å²) in [6.45, 7) is 3.84. The lowest BCUT2D eigenvalue weighted by Crippen LogP contribution is -2.46. The first kappa shape index (κ1) is 20.5. The van der Waals surface area contributed by atoms with Crippen molar-refractivity contribution in [1.82, 2.24) is 4.72 Å². The second-order valence-corrected chi connectivity index (χ2v) is 12.3. The molecule has 136 valence electrons. The van der Waals surface area contributed by atoms with E-state index >= 15 is 0 Å². The van der Waals surface area contributed by atoms with Gasteiger partial charge in [0, 0.05) is 5.41 Å². The molecule has 6 nitrogen and oxygen atoms in total. The van der Waals surface area contributed by atoms with E-state index in [-0.39, 0.29) is 23.5 Å². The van der Waals surface area contributed by atoms with Crippen LogP contribution in [0.5, 0.6) is 0 Å². The molecule has 1 fully saturated rings. The molecule has 0 saturated carbocycles. The van der Waals surface area contributed by atoms with E-state index in [1.54, 1.807) is 6.07 Å². The van der Waals surface area contributed by atoms with Crippen molar-refractivity contribution in [2.45, 2.75) is 28.3 Å². The smallest absolute Gasteiger partial charge is 0.307 e. The van der Waals surface area contributed by atoms with E-state index in [2.05, 4.69) is 4.72 Å². The highest BCUT2D eigenvalue weighted by Gasteiger charge is 2.53. The molecule has 1 N–H and O–H groups in total. The average Bonchev–Trinajstić information content (AvgIpc) is 2.48. The molecule has 0 unspecified atom stereocenters. The molecule has 1 aliphatic heterocycles. The Morgan fingerprint density at radius 1 is 1.17 bits per heavy atom. The zero-order valence-electron chi connectivity index (χ0n) is 12.9. The Hall–Kier alpha value is 0.150. The predicted octanol–water partition coefficient (Wildman–Crippen LogP) is 3.93. The van der Waals surface area contributed by atoms with Gasteiger partial charge in [-0.25, -0.2) is 8.42 Å². The van der Waals surface area contributed by atoms with Crippen molar-refractivity contribution in [1.29, 1.82) is 0 Å². The van der Waals surface area contributed by atoms with E-state index in [1.807, 2.05) is 13.8 Å². The molecule has 1 saturated heterocycles. The van der Waals surface area contributed by atoms with Crippen LogP contribution in [0, 0.1) is 5.41 Å². The lowest BCUT2D eigenvalue weighted by atomic mass is 9.97. The highest BCUT2D eigenvalue weighted by Crippen LogP contribution is 2.62. The van der Waals surface area contributed by atoms with Gasteiger partial charge in [-0.15, -0.1) is 0 Å². The molecule has 1 aromatic carbocycles. The summed E-state index contributed by atoms with van der Waals surface area (Å²) in [5.41, 5.74) is -0.385. The Bertz CT molecular complexity index is 722. The highest BCUT2D eigenvalue weighted by molar-refractivity contribution is 7.89. The van der Waals surface area contributed by atoms with Gasteiger partial charge in [0.05, 0.1) is 18.1 Å². The molecule has 1 atom stereocenters. The third-order valence-electron chi connectivity index (χ3n) is 3.22. The summed E-state index contributed by atoms with van der Waals surface area (Å²) >= 11 is 17.6. The SMILES string of the molecule is CC1(C)COP(=O)([C@@H](NS(=O)(=O)c2ccccc2)C(Cl)(Cl)Cl)OC1. The van der Waals surface area contributed by atoms with Gasteiger partial charge in [0.15, 0.2) is 5.78 Å². The topological polar surface area (TPSA) is 81.7 Å². The van der Waals surface area contributed by atoms with Crippen LogP contribution < -0.4 is 4.72 Å². The Morgan fingerprint density at radius 3 is 2.12 bits per heavy atom. The molecular formula is C13H17Cl3NO5PS. The number of hydrogen-bond donors (Lipinski definition) is 1. The summed E-state index contributed by atoms with van der Waals surface area (Å²) in [6.07, 6.45) is 0. The van der Waals surface area contributed by atoms with Gasteiger partial charge >= 0.3 is 7.60 Å². The molecule has 0 spiro atoms. The van der Waals surface area contributed by atoms with Crippen LogP contribution in [0.25, 0.3) is 0 Å². The average molecular weight is 437 g/mol. The second-order valence-electron chi connectivity index (χ2n) is 6.13. The predicted molar refractivity (Wildman–Crippen MR) is 94.1 cm³/mol. The number of rotatable bonds is 4. The fourth-order valence-corrected chi connectivity index (χ4v) is 7.16. The Morgan fingerprint density at radius 2 is 1.67 bits per heavy atom. The first-order chi connectivity index (χ1) is 10.9. The summed E-state index contributed by atoms with van der Waals surface area (Å²) in [5.74, 6) is -1.68. The normalized spacial score (nSPS) is 22.0. The van der Waals surface area contributed by atoms with E-state index in [0.717, 1.165) is 0 Å². The number of benzene rings is 1. The van der Waals surface area contributed by atoms with Crippen molar-refractivity contribution in [3.8, 4) is 0 Å². The van der Waals surface area contributed by atoms with Gasteiger partial charge in [0.25, 0.3) is 0 Å². The largest absolute Gasteiger partial charge is 0.352 e. The summed E-state index contributed by atoms with van der Waals surface area (Å²) in [7, 11) is -8.12. The van der Waals surface area contributed by atoms with Crippen LogP contribution in [0.3, 0.4) is 0 Å². The fraction of sp³-hybridized carbons (Fsp3) is 0.538. The van der Waals surface area contributed by atoms with Gasteiger partial charge < -0.3 is 9.05 Å². The standard InChI is InChI=1S/C13H17Cl3NO5PS/c1-12(2)8-21-23(18,22-9-12)11(13(14,15)16)17-24(19,20)10-6-4-3-5-7-10/h3-7,11,17H,8-9H2,1-2H3/t11-/m1/s1. The molecule has 0 amide bonds. The summed E-state index contributed by atoms with van der Waals surface area (Å²) in [5, 5.41) is 0. The maximum Gasteiger partial charge on any atom is 0.352 e. The lowest BCUT2D eigenvalue weighted by molar-refractivity contribution is 0.0376. The Labute approximate surface area is 156 Å². The van der Waals surface area contributed by atoms with Gasteiger partial charge in [-0.1, -0.05) is 66.8 Å². The quantitative estimate of drug-likeness (QED) is 0.571. The zero-order valence-corrected chi connectivity index (χ0v) is 16.9. The van der Waals surface area contributed by atoms with E-state index in [1.165, 1.54) is 24.3 Å². The van der Waals surface area contributed by atoms with E-state index in [4.69, 9.17) is 43.9 Å². The molecule has 0 aromatic heterocycles. The van der Waals surface area contributed by atoms with Gasteiger partial charge in [-0.2, -0.15) is 4.72 Å². The first-order valence-electron chi connectivity index (χ1n) is 6.89. The fourth-order valence-electron chi connectivity index (χ4n) is 1.88. The van der Waals surface area contributed by atoms with E-state index < -0.39 is 27.2 Å². The lowest BCUT2D eigenvalue weighted by Gasteiger charge is -2.39. The minimum atomic E-state index is -4.09. The monoisotopic (exact) mass is 435 g/mol. The Balaban J connectivity index is 2.33. The highest BCUT2D eigenvalue weighted by atomic mass is 35.6. The minimum absolute atomic E-state index is 0.0619. The van der Waals surface area contributed by atoms with E-state index in [9.17, 15) is 13.0 Å². The summed E-state index contributed by atoms with van der Waals surface area (Å²) in [4.78, 5) is -0.0619. The van der Waals surface area contributed by atoms with Crippen LogP contribution in [-0.4, -0.2) is 31.2 Å². The van der Waals surface area contributed by atoms with Crippen LogP contribution >= 0.6 is 42.4 Å². The van der Waals surface area contributed by atoms with Crippen molar-refractivity contribution in [2.24, 2.45) is 5.41 Å². The van der Waals surface area contributed by atoms with Crippen molar-refractivity contribution >= 4 is 52.4 Å². The summed E-state index contributed by atoms with van der Waals surface area (Å²) in [6, 6.07) is 7.45. The third kappa shape index (κ3) is 4.86. The number of nitrogens with one attached hydrogen (secondary N) is 1. The molecule has 0 aliphatic carbocycles. The van der Waals surface area contributed by atoms with Crippen molar-refractivity contribution in [3.05, 3.63) is 30.3 Å². The first-order valence-corrected chi connectivity index (χ1v) is 11.1. The number of sulfonamides is 1. The molecule has 1 heterocycles. The van der Waals surface area contributed by atoms with Crippen LogP contribution in [-0.2, 0) is 23.6 Å². The number of halogens is 3. The van der Waals surface area contributed by atoms with Gasteiger partial charge in [-0.05, 0) is 12.1 Å². The zero-order chi connectivity index (χ0) is 18.2. The number of alkyl halides is 3. The maximum absolute atomic E-state index is 13.0. The van der Waals surface area contributed by atoms with Crippen molar-refractivity contribution in [3.63, 3.8) is 0 Å². The molecular weight excluding hydrogens is 420 g/mol. The molecule has 0 bridgehead atoms. The Kier molecular flexibility index (Phi) is 6.01. The molecule has 0 radical (unpaired) electrons. The molecule has 24 heavy (non-hydrogen) atoms. The maximum atomic E-state index is 13.0. The number of hydrogen-bond acceptors (Lipinski definition) is 5. The third-order valence-corrected chi connectivity index (χ3v) is 8.07. The van der Waals surface area contributed by atoms with Crippen LogP contribution in [0.2, 0.25) is 0 Å². The van der Waals surface area contributed by atoms with Gasteiger partial charge in [-0.3, -0.25) is 4.57 Å². The van der Waals surface area contributed by atoms with Gasteiger partial charge in [0.2, 0.25) is 13.8 Å². The van der Waals surface area contributed by atoms with E-state index in [0.29, 0.717) is 0 Å². The molecule has 11 heteroatoms. The molecule has 1 aliphatic rings.